The molecule has 0 aromatic heterocycles. The van der Waals surface area contributed by atoms with E-state index < -0.39 is 0 Å². The van der Waals surface area contributed by atoms with Gasteiger partial charge in [0, 0.05) is 12.2 Å². The molecular weight excluding hydrogens is 240 g/mol. The molecule has 2 aliphatic rings. The van der Waals surface area contributed by atoms with Gasteiger partial charge in [0.15, 0.2) is 0 Å². The number of aryl methyl sites for hydroxylation is 2. The number of anilines is 1. The summed E-state index contributed by atoms with van der Waals surface area (Å²) >= 11 is 0. The lowest BCUT2D eigenvalue weighted by Gasteiger charge is -2.18. The lowest BCUT2D eigenvalue weighted by atomic mass is 10.1. The maximum absolute atomic E-state index is 12.2. The van der Waals surface area contributed by atoms with Crippen molar-refractivity contribution in [2.75, 3.05) is 18.9 Å². The quantitative estimate of drug-likeness (QED) is 0.839. The van der Waals surface area contributed by atoms with Gasteiger partial charge in [-0.25, -0.2) is 0 Å². The molecule has 1 aliphatic heterocycles. The van der Waals surface area contributed by atoms with Gasteiger partial charge in [0.1, 0.15) is 0 Å². The molecule has 1 fully saturated rings. The molecule has 1 aromatic rings. The summed E-state index contributed by atoms with van der Waals surface area (Å²) in [7, 11) is 1.88. The summed E-state index contributed by atoms with van der Waals surface area (Å²) in [5.74, 6) is -0.0167. The lowest BCUT2D eigenvalue weighted by Crippen LogP contribution is -2.37. The highest BCUT2D eigenvalue weighted by atomic mass is 16.3. The Morgan fingerprint density at radius 3 is 2.89 bits per heavy atom. The number of hydrogen-bond donors (Lipinski definition) is 2. The second-order valence-electron chi connectivity index (χ2n) is 5.67. The van der Waals surface area contributed by atoms with Crippen molar-refractivity contribution in [2.24, 2.45) is 0 Å². The van der Waals surface area contributed by atoms with Gasteiger partial charge in [-0.15, -0.1) is 0 Å². The summed E-state index contributed by atoms with van der Waals surface area (Å²) in [6.45, 7) is 0.572. The number of fused-ring (bicyclic) bond motifs is 1. The number of likely N-dealkylation sites (tertiary alicyclic amines) is 1. The van der Waals surface area contributed by atoms with Crippen molar-refractivity contribution in [3.05, 3.63) is 29.3 Å². The molecule has 1 heterocycles. The predicted octanol–water partition coefficient (Wildman–Crippen LogP) is 1.18. The van der Waals surface area contributed by atoms with Gasteiger partial charge in [-0.1, -0.05) is 6.07 Å². The fourth-order valence-corrected chi connectivity index (χ4v) is 3.15. The number of β-amino-alcohol motifs (C(OH)–C–C–N with tert-alkyl or cyclic N) is 1. The minimum Gasteiger partial charge on any atom is -0.392 e. The number of aliphatic hydroxyl groups is 1. The van der Waals surface area contributed by atoms with Crippen molar-refractivity contribution < 1.29 is 9.90 Å². The van der Waals surface area contributed by atoms with Crippen molar-refractivity contribution in [2.45, 2.75) is 37.8 Å². The third-order valence-corrected chi connectivity index (χ3v) is 4.19. The van der Waals surface area contributed by atoms with E-state index in [-0.39, 0.29) is 18.1 Å². The fraction of sp³-hybridized carbons (Fsp3) is 0.533. The molecule has 1 amide bonds. The van der Waals surface area contributed by atoms with Gasteiger partial charge in [0.2, 0.25) is 5.91 Å². The summed E-state index contributed by atoms with van der Waals surface area (Å²) in [6, 6.07) is 5.97. The van der Waals surface area contributed by atoms with E-state index in [0.717, 1.165) is 18.5 Å². The molecule has 0 bridgehead atoms. The first-order chi connectivity index (χ1) is 9.13. The van der Waals surface area contributed by atoms with Crippen molar-refractivity contribution in [3.8, 4) is 0 Å². The Morgan fingerprint density at radius 1 is 1.37 bits per heavy atom. The number of carbonyl (C=O) groups is 1. The molecular formula is C15H20N2O2. The van der Waals surface area contributed by atoms with Gasteiger partial charge in [0.05, 0.1) is 12.1 Å². The Labute approximate surface area is 113 Å². The zero-order chi connectivity index (χ0) is 13.4. The number of benzene rings is 1. The van der Waals surface area contributed by atoms with E-state index in [0.29, 0.717) is 13.0 Å². The Balaban J connectivity index is 1.69. The molecule has 19 heavy (non-hydrogen) atoms. The van der Waals surface area contributed by atoms with Crippen LogP contribution in [-0.4, -0.2) is 41.7 Å². The van der Waals surface area contributed by atoms with Gasteiger partial charge >= 0.3 is 0 Å². The third kappa shape index (κ3) is 2.51. The third-order valence-electron chi connectivity index (χ3n) is 4.19. The molecule has 3 rings (SSSR count). The molecule has 1 aromatic carbocycles. The number of nitrogens with one attached hydrogen (secondary N) is 1. The molecule has 0 radical (unpaired) electrons. The second kappa shape index (κ2) is 4.94. The van der Waals surface area contributed by atoms with Crippen LogP contribution < -0.4 is 5.32 Å². The van der Waals surface area contributed by atoms with Crippen LogP contribution in [0.15, 0.2) is 18.2 Å². The molecule has 4 nitrogen and oxygen atoms in total. The smallest absolute Gasteiger partial charge is 0.241 e. The van der Waals surface area contributed by atoms with E-state index in [1.165, 1.54) is 17.5 Å². The van der Waals surface area contributed by atoms with Crippen LogP contribution in [0.3, 0.4) is 0 Å². The van der Waals surface area contributed by atoms with Gasteiger partial charge in [-0.3, -0.25) is 9.69 Å². The molecule has 4 heteroatoms. The van der Waals surface area contributed by atoms with E-state index in [2.05, 4.69) is 17.4 Å². The highest BCUT2D eigenvalue weighted by Gasteiger charge is 2.33. The van der Waals surface area contributed by atoms with E-state index >= 15 is 0 Å². The van der Waals surface area contributed by atoms with Crippen molar-refractivity contribution in [1.82, 2.24) is 4.90 Å². The SMILES string of the molecule is CN1CC(O)CC1C(=O)Nc1ccc2c(c1)CCC2. The van der Waals surface area contributed by atoms with Crippen molar-refractivity contribution >= 4 is 11.6 Å². The first-order valence-corrected chi connectivity index (χ1v) is 6.94. The van der Waals surface area contributed by atoms with Crippen LogP contribution in [0.2, 0.25) is 0 Å². The highest BCUT2D eigenvalue weighted by molar-refractivity contribution is 5.95. The normalized spacial score (nSPS) is 26.4. The Kier molecular flexibility index (Phi) is 3.29. The van der Waals surface area contributed by atoms with Crippen LogP contribution in [-0.2, 0) is 17.6 Å². The summed E-state index contributed by atoms with van der Waals surface area (Å²) < 4.78 is 0. The average Bonchev–Trinajstić information content (AvgIpc) is 2.94. The first kappa shape index (κ1) is 12.6. The Hall–Kier alpha value is -1.39. The van der Waals surface area contributed by atoms with E-state index in [1.807, 2.05) is 18.0 Å². The summed E-state index contributed by atoms with van der Waals surface area (Å²) in [5, 5.41) is 12.6. The molecule has 1 saturated heterocycles. The van der Waals surface area contributed by atoms with Crippen molar-refractivity contribution in [3.63, 3.8) is 0 Å². The fourth-order valence-electron chi connectivity index (χ4n) is 3.15. The monoisotopic (exact) mass is 260 g/mol. The number of rotatable bonds is 2. The zero-order valence-corrected chi connectivity index (χ0v) is 11.2. The number of carbonyl (C=O) groups excluding carboxylic acids is 1. The molecule has 2 unspecified atom stereocenters. The van der Waals surface area contributed by atoms with Gasteiger partial charge < -0.3 is 10.4 Å². The molecule has 2 N–H and O–H groups in total. The number of likely N-dealkylation sites (N-methyl/N-ethyl adjacent to an activating group) is 1. The minimum absolute atomic E-state index is 0.0167. The minimum atomic E-state index is -0.388. The number of hydrogen-bond acceptors (Lipinski definition) is 3. The standard InChI is InChI=1S/C15H20N2O2/c1-17-9-13(18)8-14(17)15(19)16-12-6-5-10-3-2-4-11(10)7-12/h5-7,13-14,18H,2-4,8-9H2,1H3,(H,16,19). The first-order valence-electron chi connectivity index (χ1n) is 6.94. The van der Waals surface area contributed by atoms with Crippen LogP contribution in [0.4, 0.5) is 5.69 Å². The average molecular weight is 260 g/mol. The molecule has 0 spiro atoms. The van der Waals surface area contributed by atoms with Crippen LogP contribution >= 0.6 is 0 Å². The molecule has 2 atom stereocenters. The highest BCUT2D eigenvalue weighted by Crippen LogP contribution is 2.25. The molecule has 0 saturated carbocycles. The predicted molar refractivity (Wildman–Crippen MR) is 74.1 cm³/mol. The topological polar surface area (TPSA) is 52.6 Å². The largest absolute Gasteiger partial charge is 0.392 e. The van der Waals surface area contributed by atoms with Crippen LogP contribution in [0, 0.1) is 0 Å². The maximum atomic E-state index is 12.2. The Morgan fingerprint density at radius 2 is 2.16 bits per heavy atom. The summed E-state index contributed by atoms with van der Waals surface area (Å²) in [6.07, 6.45) is 3.61. The van der Waals surface area contributed by atoms with Gasteiger partial charge in [-0.2, -0.15) is 0 Å². The number of aliphatic hydroxyl groups excluding tert-OH is 1. The van der Waals surface area contributed by atoms with Gasteiger partial charge in [-0.05, 0) is 56.0 Å². The van der Waals surface area contributed by atoms with Gasteiger partial charge in [0.25, 0.3) is 0 Å². The Bertz CT molecular complexity index is 501. The zero-order valence-electron chi connectivity index (χ0n) is 11.2. The number of amides is 1. The summed E-state index contributed by atoms with van der Waals surface area (Å²) in [4.78, 5) is 14.1. The van der Waals surface area contributed by atoms with Crippen LogP contribution in [0.5, 0.6) is 0 Å². The van der Waals surface area contributed by atoms with Crippen molar-refractivity contribution in [1.29, 1.82) is 0 Å². The van der Waals surface area contributed by atoms with E-state index in [1.54, 1.807) is 0 Å². The van der Waals surface area contributed by atoms with Crippen LogP contribution in [0.1, 0.15) is 24.0 Å². The second-order valence-corrected chi connectivity index (χ2v) is 5.67. The van der Waals surface area contributed by atoms with E-state index in [9.17, 15) is 9.90 Å². The maximum Gasteiger partial charge on any atom is 0.241 e. The van der Waals surface area contributed by atoms with E-state index in [4.69, 9.17) is 0 Å². The molecule has 1 aliphatic carbocycles. The molecule has 102 valence electrons. The summed E-state index contributed by atoms with van der Waals surface area (Å²) in [5.41, 5.74) is 3.64. The number of nitrogens with zero attached hydrogens (tertiary/aromatic N) is 1. The lowest BCUT2D eigenvalue weighted by molar-refractivity contribution is -0.120. The van der Waals surface area contributed by atoms with Crippen LogP contribution in [0.25, 0.3) is 0 Å².